The number of carbonyl (C=O) groups excluding carboxylic acids is 2. The van der Waals surface area contributed by atoms with E-state index in [1.165, 1.54) is 180 Å². The molecule has 0 bridgehead atoms. The van der Waals surface area contributed by atoms with Gasteiger partial charge in [0.15, 0.2) is 0 Å². The first-order valence-electron chi connectivity index (χ1n) is 26.6. The van der Waals surface area contributed by atoms with Crippen LogP contribution in [0.5, 0.6) is 0 Å². The second kappa shape index (κ2) is 50.0. The Morgan fingerprint density at radius 1 is 0.450 bits per heavy atom. The molecule has 0 aliphatic rings. The molecule has 0 saturated carbocycles. The molecule has 0 aliphatic carbocycles. The van der Waals surface area contributed by atoms with Gasteiger partial charge in [-0.15, -0.1) is 0 Å². The van der Waals surface area contributed by atoms with Crippen molar-refractivity contribution >= 4 is 11.9 Å². The number of esters is 1. The van der Waals surface area contributed by atoms with Gasteiger partial charge in [0.1, 0.15) is 0 Å². The van der Waals surface area contributed by atoms with Crippen molar-refractivity contribution in [3.05, 3.63) is 24.3 Å². The van der Waals surface area contributed by atoms with Crippen molar-refractivity contribution in [1.29, 1.82) is 0 Å². The van der Waals surface area contributed by atoms with E-state index >= 15 is 0 Å². The molecular weight excluding hydrogens is 743 g/mol. The minimum atomic E-state index is -0.866. The van der Waals surface area contributed by atoms with E-state index in [1.807, 2.05) is 6.08 Å². The van der Waals surface area contributed by atoms with Gasteiger partial charge in [-0.05, 0) is 57.8 Å². The van der Waals surface area contributed by atoms with Crippen LogP contribution in [-0.4, -0.2) is 47.4 Å². The molecule has 1 amide bonds. The first-order chi connectivity index (χ1) is 29.5. The van der Waals surface area contributed by atoms with E-state index in [1.54, 1.807) is 6.08 Å². The number of allylic oxidation sites excluding steroid dienone is 3. The van der Waals surface area contributed by atoms with Gasteiger partial charge < -0.3 is 20.3 Å². The second-order valence-corrected chi connectivity index (χ2v) is 18.2. The van der Waals surface area contributed by atoms with Gasteiger partial charge in [-0.1, -0.05) is 237 Å². The third-order valence-electron chi connectivity index (χ3n) is 12.2. The molecule has 0 fully saturated rings. The molecule has 0 aromatic rings. The molecule has 0 aromatic heterocycles. The third-order valence-corrected chi connectivity index (χ3v) is 12.2. The summed E-state index contributed by atoms with van der Waals surface area (Å²) in [4.78, 5) is 24.4. The van der Waals surface area contributed by atoms with Crippen molar-refractivity contribution in [2.45, 2.75) is 296 Å². The first-order valence-corrected chi connectivity index (χ1v) is 26.6. The van der Waals surface area contributed by atoms with Crippen LogP contribution < -0.4 is 5.32 Å². The van der Waals surface area contributed by atoms with Crippen molar-refractivity contribution in [2.75, 3.05) is 13.2 Å². The number of unbranched alkanes of at least 4 members (excludes halogenated alkanes) is 36. The van der Waals surface area contributed by atoms with Crippen molar-refractivity contribution in [2.24, 2.45) is 0 Å². The Labute approximate surface area is 373 Å². The summed E-state index contributed by atoms with van der Waals surface area (Å²) in [6.45, 7) is 4.82. The van der Waals surface area contributed by atoms with Crippen LogP contribution in [0.2, 0.25) is 0 Å². The molecule has 2 unspecified atom stereocenters. The van der Waals surface area contributed by atoms with Gasteiger partial charge in [-0.3, -0.25) is 9.59 Å². The predicted molar refractivity (Wildman–Crippen MR) is 260 cm³/mol. The Morgan fingerprint density at radius 3 is 1.18 bits per heavy atom. The second-order valence-electron chi connectivity index (χ2n) is 18.2. The van der Waals surface area contributed by atoms with E-state index in [9.17, 15) is 19.8 Å². The van der Waals surface area contributed by atoms with E-state index < -0.39 is 12.1 Å². The van der Waals surface area contributed by atoms with Crippen LogP contribution in [0.15, 0.2) is 24.3 Å². The van der Waals surface area contributed by atoms with Gasteiger partial charge in [0.05, 0.1) is 25.4 Å². The number of hydrogen-bond donors (Lipinski definition) is 3. The maximum Gasteiger partial charge on any atom is 0.305 e. The maximum absolute atomic E-state index is 12.4. The lowest BCUT2D eigenvalue weighted by atomic mass is 10.0. The molecular formula is C54H103NO5. The van der Waals surface area contributed by atoms with Crippen molar-refractivity contribution in [3.8, 4) is 0 Å². The van der Waals surface area contributed by atoms with E-state index in [0.717, 1.165) is 77.0 Å². The molecule has 2 atom stereocenters. The minimum Gasteiger partial charge on any atom is -0.466 e. The van der Waals surface area contributed by atoms with Crippen LogP contribution in [0.4, 0.5) is 0 Å². The number of carbonyl (C=O) groups is 2. The molecule has 6 heteroatoms. The summed E-state index contributed by atoms with van der Waals surface area (Å²) in [5.41, 5.74) is 0. The Hall–Kier alpha value is -1.66. The zero-order chi connectivity index (χ0) is 43.7. The molecule has 354 valence electrons. The molecule has 0 rings (SSSR count). The molecule has 0 heterocycles. The fourth-order valence-corrected chi connectivity index (χ4v) is 8.10. The lowest BCUT2D eigenvalue weighted by Crippen LogP contribution is -2.45. The first kappa shape index (κ1) is 58.3. The van der Waals surface area contributed by atoms with Crippen LogP contribution in [0.25, 0.3) is 0 Å². The maximum atomic E-state index is 12.4. The summed E-state index contributed by atoms with van der Waals surface area (Å²) < 4.78 is 5.42. The molecule has 0 aromatic carbocycles. The van der Waals surface area contributed by atoms with Crippen LogP contribution in [0.1, 0.15) is 284 Å². The van der Waals surface area contributed by atoms with E-state index in [2.05, 4.69) is 31.3 Å². The summed E-state index contributed by atoms with van der Waals surface area (Å²) >= 11 is 0. The number of ether oxygens (including phenoxy) is 1. The highest BCUT2D eigenvalue weighted by molar-refractivity contribution is 5.76. The van der Waals surface area contributed by atoms with Crippen molar-refractivity contribution in [3.63, 3.8) is 0 Å². The van der Waals surface area contributed by atoms with Gasteiger partial charge in [0.25, 0.3) is 0 Å². The van der Waals surface area contributed by atoms with E-state index in [4.69, 9.17) is 4.74 Å². The zero-order valence-corrected chi connectivity index (χ0v) is 40.2. The topological polar surface area (TPSA) is 95.9 Å². The fraction of sp³-hybridized carbons (Fsp3) is 0.889. The molecule has 3 N–H and O–H groups in total. The highest BCUT2D eigenvalue weighted by Crippen LogP contribution is 2.16. The number of amides is 1. The highest BCUT2D eigenvalue weighted by atomic mass is 16.5. The molecule has 6 nitrogen and oxygen atoms in total. The number of hydrogen-bond acceptors (Lipinski definition) is 5. The predicted octanol–water partition coefficient (Wildman–Crippen LogP) is 15.9. The number of aliphatic hydroxyl groups is 2. The van der Waals surface area contributed by atoms with Crippen molar-refractivity contribution in [1.82, 2.24) is 5.32 Å². The summed E-state index contributed by atoms with van der Waals surface area (Å²) in [6.07, 6.45) is 59.0. The molecule has 0 aliphatic heterocycles. The average Bonchev–Trinajstić information content (AvgIpc) is 3.25. The van der Waals surface area contributed by atoms with Crippen LogP contribution >= 0.6 is 0 Å². The number of rotatable bonds is 49. The van der Waals surface area contributed by atoms with Gasteiger partial charge in [-0.25, -0.2) is 0 Å². The zero-order valence-electron chi connectivity index (χ0n) is 40.2. The Bertz CT molecular complexity index is 935. The standard InChI is InChI=1S/C54H103NO5/c1-3-5-7-9-11-13-15-17-18-19-20-21-22-23-24-25-26-30-34-38-42-46-52(57)51(50-56)55-53(58)47-43-39-35-31-28-29-33-37-41-45-49-60-54(59)48-44-40-36-32-27-16-14-12-10-8-6-4-2/h29,33,42,46,51-52,56-57H,3-28,30-32,34-41,43-45,47-50H2,1-2H3,(H,55,58)/b33-29-,46-42+. The Morgan fingerprint density at radius 2 is 0.783 bits per heavy atom. The summed E-state index contributed by atoms with van der Waals surface area (Å²) in [7, 11) is 0. The lowest BCUT2D eigenvalue weighted by Gasteiger charge is -2.20. The fourth-order valence-electron chi connectivity index (χ4n) is 8.10. The molecule has 0 saturated heterocycles. The van der Waals surface area contributed by atoms with Gasteiger partial charge in [0.2, 0.25) is 5.91 Å². The quantitative estimate of drug-likeness (QED) is 0.0322. The minimum absolute atomic E-state index is 0.0375. The van der Waals surface area contributed by atoms with Gasteiger partial charge in [-0.2, -0.15) is 0 Å². The highest BCUT2D eigenvalue weighted by Gasteiger charge is 2.18. The summed E-state index contributed by atoms with van der Waals surface area (Å²) in [5.74, 6) is -0.139. The smallest absolute Gasteiger partial charge is 0.305 e. The number of nitrogens with one attached hydrogen (secondary N) is 1. The monoisotopic (exact) mass is 846 g/mol. The van der Waals surface area contributed by atoms with Gasteiger partial charge in [0, 0.05) is 12.8 Å². The van der Waals surface area contributed by atoms with Crippen LogP contribution in [0.3, 0.4) is 0 Å². The largest absolute Gasteiger partial charge is 0.466 e. The van der Waals surface area contributed by atoms with Crippen molar-refractivity contribution < 1.29 is 24.5 Å². The van der Waals surface area contributed by atoms with E-state index in [-0.39, 0.29) is 18.5 Å². The summed E-state index contributed by atoms with van der Waals surface area (Å²) in [5, 5.41) is 23.1. The average molecular weight is 846 g/mol. The Balaban J connectivity index is 3.56. The van der Waals surface area contributed by atoms with Gasteiger partial charge >= 0.3 is 5.97 Å². The van der Waals surface area contributed by atoms with Crippen LogP contribution in [-0.2, 0) is 14.3 Å². The van der Waals surface area contributed by atoms with E-state index in [0.29, 0.717) is 19.4 Å². The number of aliphatic hydroxyl groups excluding tert-OH is 2. The van der Waals surface area contributed by atoms with Crippen LogP contribution in [0, 0.1) is 0 Å². The normalized spacial score (nSPS) is 12.8. The molecule has 60 heavy (non-hydrogen) atoms. The lowest BCUT2D eigenvalue weighted by molar-refractivity contribution is -0.143. The molecule has 0 radical (unpaired) electrons. The third kappa shape index (κ3) is 45.9. The summed E-state index contributed by atoms with van der Waals surface area (Å²) in [6, 6.07) is -0.653. The Kier molecular flexibility index (Phi) is 48.6. The molecule has 0 spiro atoms. The SMILES string of the molecule is CCCCCCCCCCCCCCCCCCCCC/C=C/C(O)C(CO)NC(=O)CCCCCC/C=C\CCCCOC(=O)CCCCCCCCCCCCCC.